The van der Waals surface area contributed by atoms with Gasteiger partial charge < -0.3 is 0 Å². The lowest BCUT2D eigenvalue weighted by molar-refractivity contribution is 0.573. The molecule has 0 aliphatic heterocycles. The van der Waals surface area contributed by atoms with Crippen molar-refractivity contribution in [3.63, 3.8) is 0 Å². The van der Waals surface area contributed by atoms with Crippen LogP contribution in [-0.2, 0) is 6.54 Å². The van der Waals surface area contributed by atoms with Crippen LogP contribution in [0.15, 0.2) is 53.7 Å². The van der Waals surface area contributed by atoms with E-state index in [1.807, 2.05) is 26.0 Å². The van der Waals surface area contributed by atoms with Gasteiger partial charge in [0.25, 0.3) is 0 Å². The second-order valence-corrected chi connectivity index (χ2v) is 6.96. The zero-order chi connectivity index (χ0) is 19.7. The summed E-state index contributed by atoms with van der Waals surface area (Å²) in [6.45, 7) is 4.54. The lowest BCUT2D eigenvalue weighted by Crippen LogP contribution is -2.04. The first kappa shape index (κ1) is 17.9. The van der Waals surface area contributed by atoms with Crippen LogP contribution in [0, 0.1) is 25.2 Å². The van der Waals surface area contributed by atoms with Gasteiger partial charge in [0.2, 0.25) is 5.82 Å². The highest BCUT2D eigenvalue weighted by Crippen LogP contribution is 2.27. The van der Waals surface area contributed by atoms with Gasteiger partial charge in [0.1, 0.15) is 5.03 Å². The molecular weight excluding hydrogens is 370 g/mol. The number of nitriles is 1. The normalized spacial score (nSPS) is 10.8. The molecule has 7 nitrogen and oxygen atoms in total. The molecule has 0 unspecified atom stereocenters. The third-order valence-electron chi connectivity index (χ3n) is 4.44. The number of benzene rings is 2. The number of aryl methyl sites for hydroxylation is 2. The molecule has 0 bridgehead atoms. The summed E-state index contributed by atoms with van der Waals surface area (Å²) in [6.07, 6.45) is 1.70. The molecule has 0 radical (unpaired) electrons. The predicted octanol–water partition coefficient (Wildman–Crippen LogP) is 3.35. The Hall–Kier alpha value is -3.44. The molecule has 0 aliphatic rings. The van der Waals surface area contributed by atoms with E-state index in [0.717, 1.165) is 27.9 Å². The molecule has 0 amide bonds. The minimum Gasteiger partial charge on any atom is -0.226 e. The van der Waals surface area contributed by atoms with Gasteiger partial charge in [-0.15, -0.1) is 22.8 Å². The van der Waals surface area contributed by atoms with Crippen molar-refractivity contribution in [2.24, 2.45) is 0 Å². The molecule has 0 saturated carbocycles. The molecule has 4 aromatic rings. The molecule has 0 atom stereocenters. The van der Waals surface area contributed by atoms with Crippen molar-refractivity contribution >= 4 is 12.6 Å². The molecule has 8 heteroatoms. The molecule has 0 aliphatic carbocycles. The van der Waals surface area contributed by atoms with Gasteiger partial charge in [-0.3, -0.25) is 0 Å². The Balaban J connectivity index is 1.61. The lowest BCUT2D eigenvalue weighted by atomic mass is 10.1. The van der Waals surface area contributed by atoms with Crippen LogP contribution in [0.5, 0.6) is 0 Å². The predicted molar refractivity (Wildman–Crippen MR) is 107 cm³/mol. The van der Waals surface area contributed by atoms with Crippen molar-refractivity contribution in [3.05, 3.63) is 70.9 Å². The van der Waals surface area contributed by atoms with Crippen LogP contribution < -0.4 is 0 Å². The Morgan fingerprint density at radius 3 is 2.64 bits per heavy atom. The van der Waals surface area contributed by atoms with E-state index in [4.69, 9.17) is 5.26 Å². The summed E-state index contributed by atoms with van der Waals surface area (Å²) in [5.41, 5.74) is 5.55. The molecule has 28 heavy (non-hydrogen) atoms. The van der Waals surface area contributed by atoms with Crippen molar-refractivity contribution in [1.82, 2.24) is 30.0 Å². The van der Waals surface area contributed by atoms with Crippen molar-refractivity contribution in [1.29, 1.82) is 5.26 Å². The first-order chi connectivity index (χ1) is 13.5. The van der Waals surface area contributed by atoms with Gasteiger partial charge in [-0.05, 0) is 54.0 Å². The molecule has 0 saturated heterocycles. The summed E-state index contributed by atoms with van der Waals surface area (Å²) >= 11 is 4.65. The first-order valence-electron chi connectivity index (χ1n) is 8.67. The number of hydrogen-bond acceptors (Lipinski definition) is 6. The van der Waals surface area contributed by atoms with E-state index >= 15 is 0 Å². The number of aromatic nitrogens is 6. The molecule has 2 aromatic carbocycles. The summed E-state index contributed by atoms with van der Waals surface area (Å²) < 4.78 is 1.78. The Kier molecular flexibility index (Phi) is 4.67. The first-order valence-corrected chi connectivity index (χ1v) is 9.11. The van der Waals surface area contributed by atoms with E-state index in [1.165, 1.54) is 4.80 Å². The van der Waals surface area contributed by atoms with Crippen molar-refractivity contribution < 1.29 is 0 Å². The molecular formula is C20H17N7S. The molecule has 2 aromatic heterocycles. The minimum absolute atomic E-state index is 0.464. The van der Waals surface area contributed by atoms with Crippen LogP contribution >= 0.6 is 12.6 Å². The van der Waals surface area contributed by atoms with E-state index in [-0.39, 0.29) is 0 Å². The number of tetrazole rings is 1. The maximum absolute atomic E-state index is 8.89. The Morgan fingerprint density at radius 1 is 1.11 bits per heavy atom. The van der Waals surface area contributed by atoms with Crippen LogP contribution in [0.2, 0.25) is 0 Å². The highest BCUT2D eigenvalue weighted by Gasteiger charge is 2.16. The Morgan fingerprint density at radius 2 is 1.89 bits per heavy atom. The second-order valence-electron chi connectivity index (χ2n) is 6.54. The van der Waals surface area contributed by atoms with E-state index in [2.05, 4.69) is 57.4 Å². The molecule has 4 rings (SSSR count). The van der Waals surface area contributed by atoms with Crippen LogP contribution in [0.25, 0.3) is 17.1 Å². The van der Waals surface area contributed by atoms with Gasteiger partial charge >= 0.3 is 0 Å². The van der Waals surface area contributed by atoms with Gasteiger partial charge in [0, 0.05) is 0 Å². The largest absolute Gasteiger partial charge is 0.226 e. The summed E-state index contributed by atoms with van der Waals surface area (Å²) in [5, 5.41) is 26.7. The second kappa shape index (κ2) is 7.29. The number of rotatable bonds is 4. The lowest BCUT2D eigenvalue weighted by Gasteiger charge is -2.08. The summed E-state index contributed by atoms with van der Waals surface area (Å²) in [7, 11) is 0. The molecule has 0 fully saturated rings. The van der Waals surface area contributed by atoms with Crippen molar-refractivity contribution in [3.8, 4) is 23.1 Å². The monoisotopic (exact) mass is 387 g/mol. The number of nitrogens with zero attached hydrogens (tertiary/aromatic N) is 7. The van der Waals surface area contributed by atoms with Crippen LogP contribution in [0.3, 0.4) is 0 Å². The molecule has 138 valence electrons. The van der Waals surface area contributed by atoms with Crippen molar-refractivity contribution in [2.45, 2.75) is 25.4 Å². The van der Waals surface area contributed by atoms with E-state index in [1.54, 1.807) is 23.0 Å². The van der Waals surface area contributed by atoms with Crippen LogP contribution in [0.1, 0.15) is 22.3 Å². The Bertz CT molecular complexity index is 1180. The summed E-state index contributed by atoms with van der Waals surface area (Å²) in [5.74, 6) is 0.468. The van der Waals surface area contributed by atoms with Gasteiger partial charge in [-0.25, -0.2) is 4.68 Å². The minimum atomic E-state index is 0.464. The standard InChI is InChI=1S/C20H17N7S/c1-13-3-4-14(2)18(9-13)27-20(28)17(11-22-27)19-23-25-26(24-19)12-16-7-5-15(10-21)6-8-16/h3-9,11,28H,12H2,1-2H3. The summed E-state index contributed by atoms with van der Waals surface area (Å²) in [6, 6.07) is 15.6. The fraction of sp³-hybridized carbons (Fsp3) is 0.150. The average molecular weight is 387 g/mol. The molecule has 2 heterocycles. The zero-order valence-electron chi connectivity index (χ0n) is 15.4. The Labute approximate surface area is 167 Å². The summed E-state index contributed by atoms with van der Waals surface area (Å²) in [4.78, 5) is 1.51. The van der Waals surface area contributed by atoms with E-state index in [0.29, 0.717) is 23.0 Å². The molecule has 0 spiro atoms. The number of thiol groups is 1. The number of hydrogen-bond donors (Lipinski definition) is 1. The van der Waals surface area contributed by atoms with Gasteiger partial charge in [-0.1, -0.05) is 24.3 Å². The van der Waals surface area contributed by atoms with Crippen LogP contribution in [-0.4, -0.2) is 30.0 Å². The van der Waals surface area contributed by atoms with E-state index in [9.17, 15) is 0 Å². The molecule has 0 N–H and O–H groups in total. The van der Waals surface area contributed by atoms with Gasteiger partial charge in [0.15, 0.2) is 0 Å². The van der Waals surface area contributed by atoms with Gasteiger partial charge in [0.05, 0.1) is 35.6 Å². The SMILES string of the molecule is Cc1ccc(C)c(-n2ncc(-c3nnn(Cc4ccc(C#N)cc4)n3)c2S)c1. The maximum Gasteiger partial charge on any atom is 0.209 e. The highest BCUT2D eigenvalue weighted by molar-refractivity contribution is 7.80. The maximum atomic E-state index is 8.89. The fourth-order valence-electron chi connectivity index (χ4n) is 2.89. The van der Waals surface area contributed by atoms with Gasteiger partial charge in [-0.2, -0.15) is 15.2 Å². The fourth-order valence-corrected chi connectivity index (χ4v) is 3.21. The third kappa shape index (κ3) is 3.40. The highest BCUT2D eigenvalue weighted by atomic mass is 32.1. The average Bonchev–Trinajstić information content (AvgIpc) is 3.31. The zero-order valence-corrected chi connectivity index (χ0v) is 16.3. The van der Waals surface area contributed by atoms with Crippen molar-refractivity contribution in [2.75, 3.05) is 0 Å². The smallest absolute Gasteiger partial charge is 0.209 e. The topological polar surface area (TPSA) is 85.2 Å². The quantitative estimate of drug-likeness (QED) is 0.543. The third-order valence-corrected chi connectivity index (χ3v) is 4.87. The van der Waals surface area contributed by atoms with Crippen LogP contribution in [0.4, 0.5) is 0 Å². The van der Waals surface area contributed by atoms with E-state index < -0.39 is 0 Å².